The summed E-state index contributed by atoms with van der Waals surface area (Å²) < 4.78 is 45.6. The number of fused-ring (bicyclic) bond motifs is 2. The zero-order valence-electron chi connectivity index (χ0n) is 26.4. The molecule has 3 aromatic carbocycles. The Bertz CT molecular complexity index is 1860. The number of hydrogen-bond donors (Lipinski definition) is 1. The number of para-hydroxylation sites is 2. The lowest BCUT2D eigenvalue weighted by Crippen LogP contribution is -2.12. The van der Waals surface area contributed by atoms with Crippen molar-refractivity contribution in [2.75, 3.05) is 48.8 Å². The van der Waals surface area contributed by atoms with Gasteiger partial charge in [-0.2, -0.15) is 0 Å². The molecule has 0 saturated heterocycles. The maximum Gasteiger partial charge on any atom is 0.278 e. The second-order valence-corrected chi connectivity index (χ2v) is 10.2. The molecule has 0 unspecified atom stereocenters. The molecule has 2 heterocycles. The Balaban J connectivity index is 1.32. The Labute approximate surface area is 265 Å². The van der Waals surface area contributed by atoms with Gasteiger partial charge < -0.3 is 42.7 Å². The third-order valence-electron chi connectivity index (χ3n) is 7.32. The summed E-state index contributed by atoms with van der Waals surface area (Å²) in [4.78, 5) is 22.4. The summed E-state index contributed by atoms with van der Waals surface area (Å²) in [5, 5.41) is 10.4. The molecule has 242 valence electrons. The molecule has 0 saturated carbocycles. The van der Waals surface area contributed by atoms with Crippen LogP contribution in [-0.2, 0) is 0 Å². The van der Waals surface area contributed by atoms with E-state index in [0.29, 0.717) is 58.4 Å². The summed E-state index contributed by atoms with van der Waals surface area (Å²) in [5.74, 6) is 2.02. The van der Waals surface area contributed by atoms with Gasteiger partial charge in [-0.15, -0.1) is 0 Å². The van der Waals surface area contributed by atoms with Crippen LogP contribution >= 0.6 is 0 Å². The van der Waals surface area contributed by atoms with Gasteiger partial charge in [0, 0.05) is 17.7 Å². The first kappa shape index (κ1) is 32.0. The van der Waals surface area contributed by atoms with Gasteiger partial charge in [-0.1, -0.05) is 12.1 Å². The maximum absolute atomic E-state index is 13.9. The number of hydrogen-bond acceptors (Lipinski definition) is 12. The molecule has 1 N–H and O–H groups in total. The van der Waals surface area contributed by atoms with E-state index in [-0.39, 0.29) is 40.8 Å². The normalized spacial score (nSPS) is 11.0. The molecule has 0 fully saturated rings. The number of ether oxygens (including phenoxy) is 7. The van der Waals surface area contributed by atoms with Crippen LogP contribution in [0, 0.1) is 0 Å². The SMILES string of the molecule is COc1cc(OC)c2c(=O)c(OCCCCCCOc3nc4ccccc4nc3O)c(-c3cc(OC)c(OC)c(OC)c3)oc2c1. The first-order valence-corrected chi connectivity index (χ1v) is 14.7. The van der Waals surface area contributed by atoms with Crippen molar-refractivity contribution in [3.63, 3.8) is 0 Å². The summed E-state index contributed by atoms with van der Waals surface area (Å²) in [6.45, 7) is 0.619. The van der Waals surface area contributed by atoms with E-state index in [4.69, 9.17) is 37.6 Å². The van der Waals surface area contributed by atoms with E-state index in [1.54, 1.807) is 30.3 Å². The van der Waals surface area contributed by atoms with Gasteiger partial charge in [0.15, 0.2) is 17.3 Å². The molecule has 12 nitrogen and oxygen atoms in total. The first-order valence-electron chi connectivity index (χ1n) is 14.7. The molecule has 0 aliphatic carbocycles. The highest BCUT2D eigenvalue weighted by Crippen LogP contribution is 2.44. The number of unbranched alkanes of at least 4 members (excludes halogenated alkanes) is 3. The lowest BCUT2D eigenvalue weighted by atomic mass is 10.1. The minimum atomic E-state index is -0.394. The van der Waals surface area contributed by atoms with Gasteiger partial charge in [0.1, 0.15) is 22.5 Å². The highest BCUT2D eigenvalue weighted by atomic mass is 16.5. The van der Waals surface area contributed by atoms with Crippen LogP contribution in [0.4, 0.5) is 0 Å². The van der Waals surface area contributed by atoms with Crippen LogP contribution in [0.5, 0.6) is 46.3 Å². The Morgan fingerprint density at radius 2 is 1.33 bits per heavy atom. The largest absolute Gasteiger partial charge is 0.496 e. The van der Waals surface area contributed by atoms with Gasteiger partial charge in [-0.05, 0) is 49.9 Å². The molecule has 5 rings (SSSR count). The van der Waals surface area contributed by atoms with Crippen molar-refractivity contribution < 1.29 is 42.7 Å². The molecule has 0 atom stereocenters. The van der Waals surface area contributed by atoms with E-state index in [1.165, 1.54) is 35.5 Å². The van der Waals surface area contributed by atoms with Gasteiger partial charge in [0.25, 0.3) is 11.8 Å². The summed E-state index contributed by atoms with van der Waals surface area (Å²) in [7, 11) is 7.51. The second kappa shape index (κ2) is 14.6. The van der Waals surface area contributed by atoms with Crippen LogP contribution in [0.2, 0.25) is 0 Å². The second-order valence-electron chi connectivity index (χ2n) is 10.2. The summed E-state index contributed by atoms with van der Waals surface area (Å²) in [6, 6.07) is 13.9. The molecule has 46 heavy (non-hydrogen) atoms. The zero-order valence-corrected chi connectivity index (χ0v) is 26.4. The molecule has 0 spiro atoms. The first-order chi connectivity index (χ1) is 22.4. The topological polar surface area (TPSA) is 141 Å². The van der Waals surface area contributed by atoms with E-state index >= 15 is 0 Å². The minimum Gasteiger partial charge on any atom is -0.496 e. The number of methoxy groups -OCH3 is 5. The van der Waals surface area contributed by atoms with E-state index in [2.05, 4.69) is 9.97 Å². The van der Waals surface area contributed by atoms with Crippen LogP contribution < -0.4 is 38.6 Å². The molecule has 0 radical (unpaired) electrons. The van der Waals surface area contributed by atoms with Crippen molar-refractivity contribution in [1.29, 1.82) is 0 Å². The lowest BCUT2D eigenvalue weighted by molar-refractivity contribution is 0.267. The highest BCUT2D eigenvalue weighted by Gasteiger charge is 2.24. The number of nitrogens with zero attached hydrogens (tertiary/aromatic N) is 2. The van der Waals surface area contributed by atoms with E-state index in [0.717, 1.165) is 19.3 Å². The monoisotopic (exact) mass is 632 g/mol. The maximum atomic E-state index is 13.9. The number of benzene rings is 3. The standard InChI is InChI=1S/C34H36N2O10/c1-39-21-18-24(40-2)28-25(19-21)46-30(20-16-26(41-3)31(43-5)27(17-20)42-4)32(29(28)37)44-14-10-6-7-11-15-45-34-33(38)35-22-12-8-9-13-23(22)36-34/h8-9,12-13,16-19H,6-7,10-11,14-15H2,1-5H3,(H,35,38). The van der Waals surface area contributed by atoms with Crippen LogP contribution in [0.15, 0.2) is 57.7 Å². The van der Waals surface area contributed by atoms with E-state index < -0.39 is 5.43 Å². The third-order valence-corrected chi connectivity index (χ3v) is 7.32. The Hall–Kier alpha value is -5.39. The van der Waals surface area contributed by atoms with Crippen molar-refractivity contribution in [2.45, 2.75) is 25.7 Å². The number of aromatic hydroxyl groups is 1. The third kappa shape index (κ3) is 6.65. The molecule has 0 amide bonds. The molecule has 0 aliphatic heterocycles. The molecular weight excluding hydrogens is 596 g/mol. The summed E-state index contributed by atoms with van der Waals surface area (Å²) in [5.41, 5.74) is 1.60. The van der Waals surface area contributed by atoms with Gasteiger partial charge in [-0.3, -0.25) is 4.79 Å². The van der Waals surface area contributed by atoms with Crippen molar-refractivity contribution in [3.8, 4) is 57.6 Å². The van der Waals surface area contributed by atoms with Gasteiger partial charge in [0.05, 0.1) is 59.8 Å². The van der Waals surface area contributed by atoms with Crippen LogP contribution in [0.1, 0.15) is 25.7 Å². The van der Waals surface area contributed by atoms with E-state index in [1.807, 2.05) is 18.2 Å². The van der Waals surface area contributed by atoms with Crippen molar-refractivity contribution in [3.05, 3.63) is 58.8 Å². The molecule has 0 bridgehead atoms. The molecule has 5 aromatic rings. The quantitative estimate of drug-likeness (QED) is 0.132. The highest BCUT2D eigenvalue weighted by molar-refractivity contribution is 5.89. The Morgan fingerprint density at radius 1 is 0.696 bits per heavy atom. The lowest BCUT2D eigenvalue weighted by Gasteiger charge is -2.17. The predicted molar refractivity (Wildman–Crippen MR) is 171 cm³/mol. The van der Waals surface area contributed by atoms with E-state index in [9.17, 15) is 9.90 Å². The summed E-state index contributed by atoms with van der Waals surface area (Å²) >= 11 is 0. The van der Waals surface area contributed by atoms with Crippen LogP contribution in [-0.4, -0.2) is 63.8 Å². The number of rotatable bonds is 15. The molecule has 2 aromatic heterocycles. The van der Waals surface area contributed by atoms with Crippen molar-refractivity contribution >= 4 is 22.0 Å². The summed E-state index contributed by atoms with van der Waals surface area (Å²) in [6.07, 6.45) is 3.01. The number of aromatic nitrogens is 2. The zero-order chi connectivity index (χ0) is 32.6. The molecule has 0 aliphatic rings. The van der Waals surface area contributed by atoms with Crippen molar-refractivity contribution in [2.24, 2.45) is 0 Å². The molecule has 12 heteroatoms. The fraction of sp³-hybridized carbons (Fsp3) is 0.324. The smallest absolute Gasteiger partial charge is 0.278 e. The molecular formula is C34H36N2O10. The average Bonchev–Trinajstić information content (AvgIpc) is 3.08. The Morgan fingerprint density at radius 3 is 1.93 bits per heavy atom. The van der Waals surface area contributed by atoms with Crippen LogP contribution in [0.3, 0.4) is 0 Å². The van der Waals surface area contributed by atoms with Crippen molar-refractivity contribution in [1.82, 2.24) is 9.97 Å². The Kier molecular flexibility index (Phi) is 10.2. The fourth-order valence-corrected chi connectivity index (χ4v) is 5.03. The van der Waals surface area contributed by atoms with Gasteiger partial charge in [-0.25, -0.2) is 9.97 Å². The van der Waals surface area contributed by atoms with Gasteiger partial charge in [0.2, 0.25) is 16.9 Å². The van der Waals surface area contributed by atoms with Gasteiger partial charge >= 0.3 is 0 Å². The van der Waals surface area contributed by atoms with Crippen LogP contribution in [0.25, 0.3) is 33.3 Å². The average molecular weight is 633 g/mol. The predicted octanol–water partition coefficient (Wildman–Crippen LogP) is 6.17. The fourth-order valence-electron chi connectivity index (χ4n) is 5.03. The minimum absolute atomic E-state index is 0.0268.